The number of alkyl halides is 1. The van der Waals surface area contributed by atoms with Crippen LogP contribution in [0.3, 0.4) is 0 Å². The lowest BCUT2D eigenvalue weighted by Gasteiger charge is -2.19. The number of hydrogen-bond donors (Lipinski definition) is 0. The van der Waals surface area contributed by atoms with Gasteiger partial charge in [-0.25, -0.2) is 0 Å². The molecule has 1 aliphatic heterocycles. The van der Waals surface area contributed by atoms with Crippen molar-refractivity contribution in [2.45, 2.75) is 56.9 Å². The topological polar surface area (TPSA) is 9.23 Å². The predicted octanol–water partition coefficient (Wildman–Crippen LogP) is 3.35. The van der Waals surface area contributed by atoms with Crippen LogP contribution in [-0.2, 0) is 4.74 Å². The fraction of sp³-hybridized carbons (Fsp3) is 1.00. The highest BCUT2D eigenvalue weighted by molar-refractivity contribution is 6.21. The van der Waals surface area contributed by atoms with Gasteiger partial charge in [-0.1, -0.05) is 0 Å². The first-order valence-electron chi connectivity index (χ1n) is 5.49. The van der Waals surface area contributed by atoms with Crippen LogP contribution in [0.25, 0.3) is 0 Å². The summed E-state index contributed by atoms with van der Waals surface area (Å²) >= 11 is 6.18. The van der Waals surface area contributed by atoms with Crippen LogP contribution in [0.2, 0.25) is 0 Å². The maximum absolute atomic E-state index is 6.18. The molecule has 2 unspecified atom stereocenters. The molecule has 76 valence electrons. The van der Waals surface area contributed by atoms with Crippen LogP contribution in [-0.4, -0.2) is 18.1 Å². The van der Waals surface area contributed by atoms with Gasteiger partial charge in [0.05, 0.1) is 6.10 Å². The molecule has 0 aromatic heterocycles. The van der Waals surface area contributed by atoms with Gasteiger partial charge in [-0.2, -0.15) is 0 Å². The Morgan fingerprint density at radius 2 is 2.31 bits per heavy atom. The van der Waals surface area contributed by atoms with Gasteiger partial charge >= 0.3 is 0 Å². The summed E-state index contributed by atoms with van der Waals surface area (Å²) in [7, 11) is 0. The highest BCUT2D eigenvalue weighted by Crippen LogP contribution is 2.54. The van der Waals surface area contributed by atoms with Gasteiger partial charge in [-0.15, -0.1) is 11.6 Å². The van der Waals surface area contributed by atoms with E-state index < -0.39 is 0 Å². The van der Waals surface area contributed by atoms with Crippen LogP contribution < -0.4 is 0 Å². The molecule has 0 radical (unpaired) electrons. The Morgan fingerprint density at radius 3 is 2.77 bits per heavy atom. The fourth-order valence-electron chi connectivity index (χ4n) is 2.33. The Labute approximate surface area is 85.8 Å². The van der Waals surface area contributed by atoms with E-state index in [-0.39, 0.29) is 0 Å². The summed E-state index contributed by atoms with van der Waals surface area (Å²) in [5, 5.41) is 0.355. The van der Waals surface area contributed by atoms with Crippen LogP contribution >= 0.6 is 11.6 Å². The lowest BCUT2D eigenvalue weighted by molar-refractivity contribution is 0.0966. The molecule has 2 rings (SSSR count). The molecule has 2 fully saturated rings. The van der Waals surface area contributed by atoms with E-state index in [9.17, 15) is 0 Å². The number of halogens is 1. The van der Waals surface area contributed by atoms with E-state index in [0.717, 1.165) is 6.61 Å². The van der Waals surface area contributed by atoms with E-state index in [1.54, 1.807) is 0 Å². The summed E-state index contributed by atoms with van der Waals surface area (Å²) in [5.41, 5.74) is 0.494. The average molecular weight is 203 g/mol. The predicted molar refractivity (Wildman–Crippen MR) is 55.2 cm³/mol. The lowest BCUT2D eigenvalue weighted by atomic mass is 9.94. The zero-order chi connectivity index (χ0) is 9.31. The first-order chi connectivity index (χ1) is 6.23. The second-order valence-electron chi connectivity index (χ2n) is 4.65. The van der Waals surface area contributed by atoms with Crippen molar-refractivity contribution in [3.8, 4) is 0 Å². The van der Waals surface area contributed by atoms with Gasteiger partial charge < -0.3 is 4.74 Å². The monoisotopic (exact) mass is 202 g/mol. The van der Waals surface area contributed by atoms with Crippen LogP contribution in [0.4, 0.5) is 0 Å². The minimum absolute atomic E-state index is 0.355. The Morgan fingerprint density at radius 1 is 1.54 bits per heavy atom. The van der Waals surface area contributed by atoms with Gasteiger partial charge in [0, 0.05) is 12.0 Å². The van der Waals surface area contributed by atoms with Gasteiger partial charge in [-0.05, 0) is 50.9 Å². The smallest absolute Gasteiger partial charge is 0.0576 e. The summed E-state index contributed by atoms with van der Waals surface area (Å²) in [6, 6.07) is 0. The molecular formula is C11H19ClO. The summed E-state index contributed by atoms with van der Waals surface area (Å²) in [6.07, 6.45) is 8.27. The van der Waals surface area contributed by atoms with Crippen molar-refractivity contribution >= 4 is 11.6 Å². The second-order valence-corrected chi connectivity index (χ2v) is 5.31. The van der Waals surface area contributed by atoms with E-state index in [1.165, 1.54) is 38.5 Å². The van der Waals surface area contributed by atoms with Gasteiger partial charge in [0.2, 0.25) is 0 Å². The highest BCUT2D eigenvalue weighted by atomic mass is 35.5. The molecular weight excluding hydrogens is 184 g/mol. The molecule has 0 bridgehead atoms. The number of hydrogen-bond acceptors (Lipinski definition) is 1. The van der Waals surface area contributed by atoms with Crippen molar-refractivity contribution in [1.29, 1.82) is 0 Å². The molecule has 1 heterocycles. The van der Waals surface area contributed by atoms with Crippen LogP contribution in [0, 0.1) is 5.41 Å². The molecule has 0 aromatic rings. The van der Waals surface area contributed by atoms with Gasteiger partial charge in [-0.3, -0.25) is 0 Å². The largest absolute Gasteiger partial charge is 0.378 e. The zero-order valence-electron chi connectivity index (χ0n) is 8.39. The van der Waals surface area contributed by atoms with E-state index >= 15 is 0 Å². The minimum Gasteiger partial charge on any atom is -0.378 e. The lowest BCUT2D eigenvalue weighted by Crippen LogP contribution is -2.16. The summed E-state index contributed by atoms with van der Waals surface area (Å²) in [4.78, 5) is 0. The number of ether oxygens (including phenoxy) is 1. The van der Waals surface area contributed by atoms with E-state index in [2.05, 4.69) is 6.92 Å². The first-order valence-corrected chi connectivity index (χ1v) is 5.92. The molecule has 1 saturated heterocycles. The Balaban J connectivity index is 1.72. The highest BCUT2D eigenvalue weighted by Gasteiger charge is 2.46. The van der Waals surface area contributed by atoms with Gasteiger partial charge in [0.25, 0.3) is 0 Å². The molecule has 2 aliphatic rings. The standard InChI is InChI=1S/C11H19ClO/c1-9(12)11(6-7-11)5-4-10-3-2-8-13-10/h9-10H,2-8H2,1H3. The first kappa shape index (κ1) is 9.79. The molecule has 0 spiro atoms. The molecule has 0 N–H and O–H groups in total. The molecule has 2 atom stereocenters. The maximum Gasteiger partial charge on any atom is 0.0576 e. The molecule has 0 amide bonds. The van der Waals surface area contributed by atoms with E-state index in [1.807, 2.05) is 0 Å². The van der Waals surface area contributed by atoms with Crippen molar-refractivity contribution in [3.63, 3.8) is 0 Å². The van der Waals surface area contributed by atoms with Crippen molar-refractivity contribution in [2.75, 3.05) is 6.61 Å². The SMILES string of the molecule is CC(Cl)C1(CCC2CCCO2)CC1. The molecule has 1 nitrogen and oxygen atoms in total. The van der Waals surface area contributed by atoms with Crippen LogP contribution in [0.15, 0.2) is 0 Å². The molecule has 1 aliphatic carbocycles. The van der Waals surface area contributed by atoms with Crippen molar-refractivity contribution < 1.29 is 4.74 Å². The Hall–Kier alpha value is 0.250. The summed E-state index contributed by atoms with van der Waals surface area (Å²) < 4.78 is 5.61. The normalized spacial score (nSPS) is 33.2. The molecule has 0 aromatic carbocycles. The van der Waals surface area contributed by atoms with Crippen LogP contribution in [0.5, 0.6) is 0 Å². The Bertz CT molecular complexity index is 169. The minimum atomic E-state index is 0.355. The van der Waals surface area contributed by atoms with Crippen molar-refractivity contribution in [2.24, 2.45) is 5.41 Å². The molecule has 13 heavy (non-hydrogen) atoms. The molecule has 2 heteroatoms. The van der Waals surface area contributed by atoms with Crippen molar-refractivity contribution in [3.05, 3.63) is 0 Å². The van der Waals surface area contributed by atoms with Gasteiger partial charge in [0.1, 0.15) is 0 Å². The third-order valence-electron chi connectivity index (χ3n) is 3.72. The maximum atomic E-state index is 6.18. The van der Waals surface area contributed by atoms with Crippen molar-refractivity contribution in [1.82, 2.24) is 0 Å². The summed E-state index contributed by atoms with van der Waals surface area (Å²) in [5.74, 6) is 0. The third kappa shape index (κ3) is 2.19. The quantitative estimate of drug-likeness (QED) is 0.636. The zero-order valence-corrected chi connectivity index (χ0v) is 9.15. The van der Waals surface area contributed by atoms with Gasteiger partial charge in [0.15, 0.2) is 0 Å². The second kappa shape index (κ2) is 3.78. The average Bonchev–Trinajstić information content (AvgIpc) is 2.73. The van der Waals surface area contributed by atoms with Crippen LogP contribution in [0.1, 0.15) is 45.4 Å². The van der Waals surface area contributed by atoms with E-state index in [4.69, 9.17) is 16.3 Å². The Kier molecular flexibility index (Phi) is 2.85. The molecule has 1 saturated carbocycles. The third-order valence-corrected chi connectivity index (χ3v) is 4.19. The fourth-order valence-corrected chi connectivity index (χ4v) is 2.66. The summed E-state index contributed by atoms with van der Waals surface area (Å²) in [6.45, 7) is 3.12. The number of rotatable bonds is 4. The van der Waals surface area contributed by atoms with E-state index in [0.29, 0.717) is 16.9 Å².